The molecule has 386 valence electrons. The molecule has 1 heterocycles. The number of rotatable bonds is 32. The van der Waals surface area contributed by atoms with Crippen LogP contribution in [0.5, 0.6) is 0 Å². The zero-order chi connectivity index (χ0) is 51.1. The highest BCUT2D eigenvalue weighted by Crippen LogP contribution is 2.33. The SMILES string of the molecule is COCCOCC(C)OCC(C)OCC(C)OCC(C)OCC(C)OCC(C)OCC(C)OCC(C)OCC(C)n1c(=O)c2c(N)c3c(=O)c4cccc(Nc5ccccc5)c4c(=O)c3c(N)c2c1=O. The highest BCUT2D eigenvalue weighted by atomic mass is 16.6. The molecule has 9 atom stereocenters. The minimum atomic E-state index is -0.760. The fourth-order valence-corrected chi connectivity index (χ4v) is 7.72. The zero-order valence-corrected chi connectivity index (χ0v) is 42.4. The first kappa shape index (κ1) is 56.1. The monoisotopic (exact) mass is 979 g/mol. The summed E-state index contributed by atoms with van der Waals surface area (Å²) < 4.78 is 59.0. The van der Waals surface area contributed by atoms with E-state index in [4.69, 9.17) is 58.8 Å². The fourth-order valence-electron chi connectivity index (χ4n) is 7.72. The van der Waals surface area contributed by atoms with Gasteiger partial charge in [0, 0.05) is 18.2 Å². The van der Waals surface area contributed by atoms with E-state index in [1.807, 2.05) is 85.7 Å². The van der Waals surface area contributed by atoms with Crippen molar-refractivity contribution < 1.29 is 47.4 Å². The van der Waals surface area contributed by atoms with Crippen LogP contribution in [0.2, 0.25) is 0 Å². The Morgan fingerprint density at radius 2 is 0.857 bits per heavy atom. The first-order valence-corrected chi connectivity index (χ1v) is 24.1. The average molecular weight is 979 g/mol. The number of benzene rings is 4. The molecule has 1 aromatic heterocycles. The Morgan fingerprint density at radius 3 is 1.29 bits per heavy atom. The van der Waals surface area contributed by atoms with Crippen LogP contribution in [0.1, 0.15) is 68.4 Å². The average Bonchev–Trinajstić information content (AvgIpc) is 3.62. The van der Waals surface area contributed by atoms with Crippen LogP contribution in [-0.2, 0) is 47.4 Å². The van der Waals surface area contributed by atoms with Crippen LogP contribution in [0.3, 0.4) is 0 Å². The molecule has 5 N–H and O–H groups in total. The number of hydrogen-bond acceptors (Lipinski definition) is 17. The standard InChI is InChI=1S/C52H74N4O14/c1-30(56-51(59)45-46(52(56)60)48(54)44-43(47(45)53)49(57)40-17-14-18-41(42(40)50(44)58)55-39-15-12-11-13-16-39)21-63-32(3)23-65-34(5)25-67-36(7)27-69-38(9)29-70-37(8)28-68-35(6)26-66-33(4)24-64-31(2)22-62-20-19-61-10/h11-18,30-38,55H,19-29,53-54H2,1-10H3. The summed E-state index contributed by atoms with van der Waals surface area (Å²) in [5.74, 6) is 0. The van der Waals surface area contributed by atoms with Crippen molar-refractivity contribution in [1.82, 2.24) is 4.57 Å². The Balaban J connectivity index is 1.02. The Hall–Kier alpha value is -4.86. The Bertz CT molecular complexity index is 2640. The van der Waals surface area contributed by atoms with Gasteiger partial charge in [-0.2, -0.15) is 0 Å². The molecule has 0 saturated heterocycles. The van der Waals surface area contributed by atoms with Gasteiger partial charge in [-0.1, -0.05) is 30.3 Å². The molecule has 0 amide bonds. The van der Waals surface area contributed by atoms with Crippen LogP contribution in [0.15, 0.2) is 67.7 Å². The molecule has 18 heteroatoms. The third-order valence-electron chi connectivity index (χ3n) is 11.6. The summed E-state index contributed by atoms with van der Waals surface area (Å²) in [7, 11) is 1.64. The second kappa shape index (κ2) is 27.1. The molecule has 0 saturated carbocycles. The second-order valence-electron chi connectivity index (χ2n) is 18.3. The second-order valence-corrected chi connectivity index (χ2v) is 18.3. The normalized spacial score (nSPS) is 16.0. The summed E-state index contributed by atoms with van der Waals surface area (Å²) in [5.41, 5.74) is 11.0. The molecule has 9 unspecified atom stereocenters. The summed E-state index contributed by atoms with van der Waals surface area (Å²) in [6.07, 6.45) is -1.43. The third-order valence-corrected chi connectivity index (χ3v) is 11.6. The Kier molecular flexibility index (Phi) is 21.7. The van der Waals surface area contributed by atoms with Crippen LogP contribution in [0.25, 0.3) is 32.3 Å². The lowest BCUT2D eigenvalue weighted by atomic mass is 9.96. The van der Waals surface area contributed by atoms with Gasteiger partial charge in [0.1, 0.15) is 0 Å². The van der Waals surface area contributed by atoms with Crippen molar-refractivity contribution in [3.63, 3.8) is 0 Å². The van der Waals surface area contributed by atoms with E-state index in [1.165, 1.54) is 6.07 Å². The molecule has 0 aliphatic heterocycles. The van der Waals surface area contributed by atoms with Crippen molar-refractivity contribution in [1.29, 1.82) is 0 Å². The van der Waals surface area contributed by atoms with Crippen LogP contribution >= 0.6 is 0 Å². The van der Waals surface area contributed by atoms with E-state index >= 15 is 0 Å². The van der Waals surface area contributed by atoms with Crippen LogP contribution < -0.4 is 38.8 Å². The lowest BCUT2D eigenvalue weighted by Crippen LogP contribution is -2.33. The number of ether oxygens (including phenoxy) is 10. The van der Waals surface area contributed by atoms with Crippen LogP contribution in [0, 0.1) is 0 Å². The van der Waals surface area contributed by atoms with Crippen molar-refractivity contribution in [2.24, 2.45) is 0 Å². The van der Waals surface area contributed by atoms with Gasteiger partial charge in [-0.15, -0.1) is 0 Å². The lowest BCUT2D eigenvalue weighted by molar-refractivity contribution is -0.110. The topological polar surface area (TPSA) is 230 Å². The summed E-state index contributed by atoms with van der Waals surface area (Å²) in [6.45, 7) is 21.2. The van der Waals surface area contributed by atoms with Crippen LogP contribution in [0.4, 0.5) is 22.7 Å². The largest absolute Gasteiger partial charge is 0.397 e. The fraction of sp³-hybridized carbons (Fsp3) is 0.577. The first-order chi connectivity index (χ1) is 33.4. The molecule has 5 rings (SSSR count). The van der Waals surface area contributed by atoms with E-state index in [2.05, 4.69) is 5.32 Å². The maximum absolute atomic E-state index is 14.2. The highest BCUT2D eigenvalue weighted by Gasteiger charge is 2.28. The number of methoxy groups -OCH3 is 1. The number of anilines is 4. The molecule has 0 aliphatic carbocycles. The Morgan fingerprint density at radius 1 is 0.457 bits per heavy atom. The van der Waals surface area contributed by atoms with Gasteiger partial charge in [0.25, 0.3) is 11.1 Å². The zero-order valence-electron chi connectivity index (χ0n) is 42.4. The number of hydrogen-bond donors (Lipinski definition) is 3. The number of para-hydroxylation sites is 1. The number of fused-ring (bicyclic) bond motifs is 3. The molecule has 0 fully saturated rings. The van der Waals surface area contributed by atoms with Gasteiger partial charge in [-0.05, 0) is 80.5 Å². The van der Waals surface area contributed by atoms with E-state index in [0.717, 1.165) is 4.57 Å². The van der Waals surface area contributed by atoms with Crippen molar-refractivity contribution in [3.05, 3.63) is 89.7 Å². The number of nitrogen functional groups attached to an aromatic ring is 2. The van der Waals surface area contributed by atoms with E-state index in [9.17, 15) is 19.2 Å². The van der Waals surface area contributed by atoms with Gasteiger partial charge in [-0.3, -0.25) is 23.7 Å². The van der Waals surface area contributed by atoms with Crippen molar-refractivity contribution in [3.8, 4) is 0 Å². The number of nitrogens with zero attached hydrogens (tertiary/aromatic N) is 1. The Labute approximate surface area is 409 Å². The van der Waals surface area contributed by atoms with Gasteiger partial charge < -0.3 is 64.2 Å². The highest BCUT2D eigenvalue weighted by molar-refractivity contribution is 6.21. The summed E-state index contributed by atoms with van der Waals surface area (Å²) >= 11 is 0. The van der Waals surface area contributed by atoms with Gasteiger partial charge >= 0.3 is 0 Å². The molecule has 0 bridgehead atoms. The van der Waals surface area contributed by atoms with E-state index in [0.29, 0.717) is 70.8 Å². The van der Waals surface area contributed by atoms with E-state index < -0.39 is 34.1 Å². The molecular weight excluding hydrogens is 905 g/mol. The van der Waals surface area contributed by atoms with Crippen molar-refractivity contribution in [2.45, 2.75) is 117 Å². The predicted octanol–water partition coefficient (Wildman–Crippen LogP) is 5.64. The maximum Gasteiger partial charge on any atom is 0.264 e. The van der Waals surface area contributed by atoms with Crippen LogP contribution in [-0.4, -0.2) is 133 Å². The number of nitrogens with two attached hydrogens (primary N) is 2. The van der Waals surface area contributed by atoms with E-state index in [1.54, 1.807) is 26.2 Å². The molecule has 0 radical (unpaired) electrons. The molecule has 5 aromatic rings. The maximum atomic E-state index is 14.2. The van der Waals surface area contributed by atoms with E-state index in [-0.39, 0.29) is 99.6 Å². The quantitative estimate of drug-likeness (QED) is 0.0205. The minimum Gasteiger partial charge on any atom is -0.397 e. The third kappa shape index (κ3) is 15.1. The summed E-state index contributed by atoms with van der Waals surface area (Å²) in [5, 5.41) is 2.60. The summed E-state index contributed by atoms with van der Waals surface area (Å²) in [4.78, 5) is 56.1. The molecular formula is C52H74N4O14. The van der Waals surface area contributed by atoms with Gasteiger partial charge in [0.2, 0.25) is 0 Å². The number of aromatic nitrogens is 1. The minimum absolute atomic E-state index is 0.0303. The molecule has 70 heavy (non-hydrogen) atoms. The summed E-state index contributed by atoms with van der Waals surface area (Å²) in [6, 6.07) is 13.2. The molecule has 0 spiro atoms. The molecule has 0 aliphatic rings. The first-order valence-electron chi connectivity index (χ1n) is 24.1. The molecule has 4 aromatic carbocycles. The van der Waals surface area contributed by atoms with Gasteiger partial charge in [0.05, 0.1) is 172 Å². The van der Waals surface area contributed by atoms with Crippen molar-refractivity contribution >= 4 is 55.1 Å². The smallest absolute Gasteiger partial charge is 0.264 e. The molecule has 18 nitrogen and oxygen atoms in total. The lowest BCUT2D eigenvalue weighted by Gasteiger charge is -2.23. The number of nitrogens with one attached hydrogen (secondary N) is 1. The predicted molar refractivity (Wildman–Crippen MR) is 274 cm³/mol. The van der Waals surface area contributed by atoms with Crippen molar-refractivity contribution in [2.75, 3.05) is 96.6 Å². The van der Waals surface area contributed by atoms with Gasteiger partial charge in [0.15, 0.2) is 10.9 Å². The van der Waals surface area contributed by atoms with Gasteiger partial charge in [-0.25, -0.2) is 0 Å².